The Morgan fingerprint density at radius 2 is 2.12 bits per heavy atom. The fourth-order valence-electron chi connectivity index (χ4n) is 1.98. The molecule has 0 heterocycles. The van der Waals surface area contributed by atoms with E-state index in [1.807, 2.05) is 18.2 Å². The molecule has 0 bridgehead atoms. The number of hydrogen-bond donors (Lipinski definition) is 1. The van der Waals surface area contributed by atoms with Crippen LogP contribution in [0.15, 0.2) is 18.2 Å². The first-order chi connectivity index (χ1) is 8.19. The van der Waals surface area contributed by atoms with Crippen LogP contribution < -0.4 is 5.32 Å². The summed E-state index contributed by atoms with van der Waals surface area (Å²) in [5.41, 5.74) is 1.21. The van der Waals surface area contributed by atoms with Crippen molar-refractivity contribution in [2.75, 3.05) is 6.54 Å². The Bertz CT molecular complexity index is 374. The molecule has 0 aliphatic heterocycles. The lowest BCUT2D eigenvalue weighted by molar-refractivity contribution is 0.459. The second-order valence-corrected chi connectivity index (χ2v) is 5.74. The van der Waals surface area contributed by atoms with Gasteiger partial charge >= 0.3 is 0 Å². The first-order valence-electron chi connectivity index (χ1n) is 6.36. The highest BCUT2D eigenvalue weighted by molar-refractivity contribution is 6.35. The third kappa shape index (κ3) is 4.17. The molecule has 0 saturated heterocycles. The van der Waals surface area contributed by atoms with Crippen LogP contribution in [0.3, 0.4) is 0 Å². The van der Waals surface area contributed by atoms with Crippen LogP contribution in [0.2, 0.25) is 10.0 Å². The summed E-state index contributed by atoms with van der Waals surface area (Å²) in [5, 5.41) is 5.09. The molecule has 3 heteroatoms. The third-order valence-electron chi connectivity index (χ3n) is 3.37. The SMILES string of the molecule is CCC(CNC1CC1)Cc1ccc(Cl)cc1Cl. The van der Waals surface area contributed by atoms with Gasteiger partial charge in [0.1, 0.15) is 0 Å². The molecule has 1 aromatic carbocycles. The summed E-state index contributed by atoms with van der Waals surface area (Å²) in [6, 6.07) is 6.58. The van der Waals surface area contributed by atoms with Crippen LogP contribution in [-0.2, 0) is 6.42 Å². The lowest BCUT2D eigenvalue weighted by atomic mass is 9.97. The predicted molar refractivity (Wildman–Crippen MR) is 75.0 cm³/mol. The monoisotopic (exact) mass is 271 g/mol. The van der Waals surface area contributed by atoms with Crippen LogP contribution in [0.4, 0.5) is 0 Å². The molecule has 2 rings (SSSR count). The highest BCUT2D eigenvalue weighted by Crippen LogP contribution is 2.25. The molecule has 1 fully saturated rings. The van der Waals surface area contributed by atoms with Gasteiger partial charge in [0.05, 0.1) is 0 Å². The van der Waals surface area contributed by atoms with Crippen molar-refractivity contribution in [3.05, 3.63) is 33.8 Å². The van der Waals surface area contributed by atoms with E-state index < -0.39 is 0 Å². The quantitative estimate of drug-likeness (QED) is 0.813. The van der Waals surface area contributed by atoms with Gasteiger partial charge in [-0.3, -0.25) is 0 Å². The molecule has 1 aliphatic carbocycles. The predicted octanol–water partition coefficient (Wildman–Crippen LogP) is 4.31. The second-order valence-electron chi connectivity index (χ2n) is 4.90. The van der Waals surface area contributed by atoms with Gasteiger partial charge < -0.3 is 5.32 Å². The van der Waals surface area contributed by atoms with Crippen molar-refractivity contribution < 1.29 is 0 Å². The Labute approximate surface area is 114 Å². The molecule has 1 aromatic rings. The second kappa shape index (κ2) is 6.08. The zero-order valence-electron chi connectivity index (χ0n) is 10.2. The van der Waals surface area contributed by atoms with Crippen LogP contribution in [0.1, 0.15) is 31.7 Å². The maximum Gasteiger partial charge on any atom is 0.0452 e. The van der Waals surface area contributed by atoms with E-state index in [-0.39, 0.29) is 0 Å². The molecule has 1 unspecified atom stereocenters. The summed E-state index contributed by atoms with van der Waals surface area (Å²) in [6.45, 7) is 3.34. The first kappa shape index (κ1) is 13.2. The number of nitrogens with one attached hydrogen (secondary N) is 1. The van der Waals surface area contributed by atoms with Crippen molar-refractivity contribution in [2.24, 2.45) is 5.92 Å². The summed E-state index contributed by atoms with van der Waals surface area (Å²) >= 11 is 12.1. The summed E-state index contributed by atoms with van der Waals surface area (Å²) in [4.78, 5) is 0. The lowest BCUT2D eigenvalue weighted by Crippen LogP contribution is -2.25. The van der Waals surface area contributed by atoms with E-state index in [1.165, 1.54) is 24.8 Å². The van der Waals surface area contributed by atoms with E-state index in [0.717, 1.165) is 24.0 Å². The van der Waals surface area contributed by atoms with Crippen molar-refractivity contribution in [1.29, 1.82) is 0 Å². The number of halogens is 2. The Hall–Kier alpha value is -0.240. The summed E-state index contributed by atoms with van der Waals surface area (Å²) in [7, 11) is 0. The molecule has 0 radical (unpaired) electrons. The molecule has 1 saturated carbocycles. The van der Waals surface area contributed by atoms with E-state index in [9.17, 15) is 0 Å². The minimum atomic E-state index is 0.661. The molecule has 1 nitrogen and oxygen atoms in total. The van der Waals surface area contributed by atoms with Crippen molar-refractivity contribution >= 4 is 23.2 Å². The van der Waals surface area contributed by atoms with Gasteiger partial charge in [0, 0.05) is 16.1 Å². The van der Waals surface area contributed by atoms with Gasteiger partial charge in [0.2, 0.25) is 0 Å². The summed E-state index contributed by atoms with van der Waals surface area (Å²) in [6.07, 6.45) is 4.90. The van der Waals surface area contributed by atoms with E-state index in [2.05, 4.69) is 12.2 Å². The lowest BCUT2D eigenvalue weighted by Gasteiger charge is -2.16. The first-order valence-corrected chi connectivity index (χ1v) is 7.12. The van der Waals surface area contributed by atoms with E-state index >= 15 is 0 Å². The van der Waals surface area contributed by atoms with Crippen molar-refractivity contribution in [3.8, 4) is 0 Å². The Morgan fingerprint density at radius 1 is 1.35 bits per heavy atom. The minimum Gasteiger partial charge on any atom is -0.314 e. The Balaban J connectivity index is 1.91. The van der Waals surface area contributed by atoms with Gasteiger partial charge in [-0.2, -0.15) is 0 Å². The van der Waals surface area contributed by atoms with Crippen molar-refractivity contribution in [2.45, 2.75) is 38.6 Å². The summed E-state index contributed by atoms with van der Waals surface area (Å²) < 4.78 is 0. The Kier molecular flexibility index (Phi) is 4.72. The van der Waals surface area contributed by atoms with Crippen LogP contribution >= 0.6 is 23.2 Å². The maximum absolute atomic E-state index is 6.20. The molecule has 1 N–H and O–H groups in total. The van der Waals surface area contributed by atoms with Crippen LogP contribution in [0, 0.1) is 5.92 Å². The fourth-order valence-corrected chi connectivity index (χ4v) is 2.47. The van der Waals surface area contributed by atoms with Gasteiger partial charge in [0.25, 0.3) is 0 Å². The van der Waals surface area contributed by atoms with Crippen molar-refractivity contribution in [3.63, 3.8) is 0 Å². The normalized spacial score (nSPS) is 17.1. The molecular weight excluding hydrogens is 253 g/mol. The minimum absolute atomic E-state index is 0.661. The zero-order valence-corrected chi connectivity index (χ0v) is 11.7. The highest BCUT2D eigenvalue weighted by atomic mass is 35.5. The number of hydrogen-bond acceptors (Lipinski definition) is 1. The van der Waals surface area contributed by atoms with Gasteiger partial charge in [0.15, 0.2) is 0 Å². The molecule has 0 amide bonds. The Morgan fingerprint density at radius 3 is 2.71 bits per heavy atom. The number of benzene rings is 1. The van der Waals surface area contributed by atoms with Crippen molar-refractivity contribution in [1.82, 2.24) is 5.32 Å². The average Bonchev–Trinajstić information content (AvgIpc) is 3.11. The van der Waals surface area contributed by atoms with Crippen LogP contribution in [-0.4, -0.2) is 12.6 Å². The average molecular weight is 272 g/mol. The molecule has 1 atom stereocenters. The smallest absolute Gasteiger partial charge is 0.0452 e. The van der Waals surface area contributed by atoms with Gasteiger partial charge in [-0.25, -0.2) is 0 Å². The summed E-state index contributed by atoms with van der Waals surface area (Å²) in [5.74, 6) is 0.661. The molecular formula is C14H19Cl2N. The highest BCUT2D eigenvalue weighted by Gasteiger charge is 2.21. The van der Waals surface area contributed by atoms with Crippen LogP contribution in [0.5, 0.6) is 0 Å². The zero-order chi connectivity index (χ0) is 12.3. The van der Waals surface area contributed by atoms with E-state index in [0.29, 0.717) is 10.9 Å². The fraction of sp³-hybridized carbons (Fsp3) is 0.571. The van der Waals surface area contributed by atoms with E-state index in [4.69, 9.17) is 23.2 Å². The van der Waals surface area contributed by atoms with Gasteiger partial charge in [-0.15, -0.1) is 0 Å². The molecule has 94 valence electrons. The molecule has 1 aliphatic rings. The standard InChI is InChI=1S/C14H19Cl2N/c1-2-10(9-17-13-5-6-13)7-11-3-4-12(15)8-14(11)16/h3-4,8,10,13,17H,2,5-7,9H2,1H3. The molecule has 17 heavy (non-hydrogen) atoms. The van der Waals surface area contributed by atoms with Crippen LogP contribution in [0.25, 0.3) is 0 Å². The largest absolute Gasteiger partial charge is 0.314 e. The maximum atomic E-state index is 6.20. The molecule has 0 aromatic heterocycles. The molecule has 0 spiro atoms. The van der Waals surface area contributed by atoms with E-state index in [1.54, 1.807) is 0 Å². The third-order valence-corrected chi connectivity index (χ3v) is 3.96. The topological polar surface area (TPSA) is 12.0 Å². The van der Waals surface area contributed by atoms with Gasteiger partial charge in [-0.05, 0) is 49.4 Å². The number of rotatable bonds is 6. The van der Waals surface area contributed by atoms with Gasteiger partial charge in [-0.1, -0.05) is 42.6 Å².